The maximum atomic E-state index is 14.5. The number of aromatic nitrogens is 5. The van der Waals surface area contributed by atoms with E-state index in [0.29, 0.717) is 22.9 Å². The second-order valence-electron chi connectivity index (χ2n) is 9.69. The highest BCUT2D eigenvalue weighted by Gasteiger charge is 2.21. The quantitative estimate of drug-likeness (QED) is 0.230. The van der Waals surface area contributed by atoms with Gasteiger partial charge in [0, 0.05) is 36.0 Å². The molecule has 8 nitrogen and oxygen atoms in total. The molecule has 0 saturated carbocycles. The van der Waals surface area contributed by atoms with E-state index < -0.39 is 0 Å². The number of nitrogens with zero attached hydrogens (tertiary/aromatic N) is 5. The minimum Gasteiger partial charge on any atom is -0.481 e. The van der Waals surface area contributed by atoms with Crippen molar-refractivity contribution in [3.63, 3.8) is 0 Å². The number of anilines is 1. The summed E-state index contributed by atoms with van der Waals surface area (Å²) in [7, 11) is 1.58. The van der Waals surface area contributed by atoms with E-state index in [4.69, 9.17) is 9.72 Å². The molecule has 0 bridgehead atoms. The first-order valence-electron chi connectivity index (χ1n) is 13.2. The van der Waals surface area contributed by atoms with Crippen LogP contribution in [0.4, 0.5) is 5.82 Å². The molecular weight excluding hydrogens is 532 g/mol. The number of benzene rings is 2. The maximum absolute atomic E-state index is 14.5. The molecule has 204 valence electrons. The molecule has 4 heterocycles. The minimum absolute atomic E-state index is 0.110. The van der Waals surface area contributed by atoms with Gasteiger partial charge in [-0.2, -0.15) is 0 Å². The molecule has 0 amide bonds. The molecule has 1 N–H and O–H groups in total. The lowest BCUT2D eigenvalue weighted by Gasteiger charge is -2.23. The lowest BCUT2D eigenvalue weighted by molar-refractivity contribution is 0.398. The number of nitrogens with one attached hydrogen (secondary N) is 1. The first-order chi connectivity index (χ1) is 19.9. The van der Waals surface area contributed by atoms with Gasteiger partial charge in [-0.25, -0.2) is 19.9 Å². The highest BCUT2D eigenvalue weighted by molar-refractivity contribution is 7.15. The first-order valence-corrected chi connectivity index (χ1v) is 14.0. The number of thiazole rings is 1. The number of rotatable bonds is 7. The Bertz CT molecular complexity index is 1930. The van der Waals surface area contributed by atoms with Crippen LogP contribution in [0.15, 0.2) is 90.1 Å². The van der Waals surface area contributed by atoms with Gasteiger partial charge in [0.1, 0.15) is 11.6 Å². The Morgan fingerprint density at radius 2 is 1.76 bits per heavy atom. The van der Waals surface area contributed by atoms with Gasteiger partial charge in [0.15, 0.2) is 0 Å². The Balaban J connectivity index is 1.54. The molecule has 9 heteroatoms. The van der Waals surface area contributed by atoms with Crippen molar-refractivity contribution in [2.45, 2.75) is 26.8 Å². The summed E-state index contributed by atoms with van der Waals surface area (Å²) in [6.07, 6.45) is 5.36. The molecule has 0 aliphatic heterocycles. The van der Waals surface area contributed by atoms with E-state index in [1.54, 1.807) is 29.2 Å². The molecule has 41 heavy (non-hydrogen) atoms. The lowest BCUT2D eigenvalue weighted by atomic mass is 9.98. The Morgan fingerprint density at radius 1 is 0.927 bits per heavy atom. The fourth-order valence-electron chi connectivity index (χ4n) is 5.00. The van der Waals surface area contributed by atoms with Crippen LogP contribution in [0, 0.1) is 13.8 Å². The zero-order valence-electron chi connectivity index (χ0n) is 23.1. The van der Waals surface area contributed by atoms with Crippen molar-refractivity contribution >= 4 is 27.9 Å². The summed E-state index contributed by atoms with van der Waals surface area (Å²) in [5, 5.41) is 6.02. The number of pyridine rings is 2. The third kappa shape index (κ3) is 5.07. The second-order valence-corrected chi connectivity index (χ2v) is 10.9. The highest BCUT2D eigenvalue weighted by atomic mass is 32.1. The number of aryl methyl sites for hydroxylation is 2. The molecule has 0 unspecified atom stereocenters. The van der Waals surface area contributed by atoms with E-state index >= 15 is 0 Å². The summed E-state index contributed by atoms with van der Waals surface area (Å²) in [5.41, 5.74) is 4.03. The monoisotopic (exact) mass is 560 g/mol. The molecule has 6 rings (SSSR count). The van der Waals surface area contributed by atoms with Gasteiger partial charge < -0.3 is 10.1 Å². The molecule has 0 aliphatic rings. The largest absolute Gasteiger partial charge is 0.481 e. The maximum Gasteiger partial charge on any atom is 0.263 e. The Labute approximate surface area is 241 Å². The molecule has 0 radical (unpaired) electrons. The van der Waals surface area contributed by atoms with Crippen LogP contribution in [-0.4, -0.2) is 31.6 Å². The van der Waals surface area contributed by atoms with Crippen LogP contribution >= 0.6 is 11.3 Å². The molecule has 6 aromatic rings. The van der Waals surface area contributed by atoms with Crippen LogP contribution in [0.25, 0.3) is 38.0 Å². The fourth-order valence-corrected chi connectivity index (χ4v) is 5.79. The smallest absolute Gasteiger partial charge is 0.263 e. The summed E-state index contributed by atoms with van der Waals surface area (Å²) >= 11 is 1.59. The number of para-hydroxylation sites is 1. The van der Waals surface area contributed by atoms with Gasteiger partial charge in [0.2, 0.25) is 5.88 Å². The van der Waals surface area contributed by atoms with Crippen molar-refractivity contribution in [2.24, 2.45) is 0 Å². The van der Waals surface area contributed by atoms with E-state index in [0.717, 1.165) is 43.3 Å². The van der Waals surface area contributed by atoms with Gasteiger partial charge in [-0.1, -0.05) is 36.4 Å². The topological polar surface area (TPSA) is 94.8 Å². The van der Waals surface area contributed by atoms with Crippen LogP contribution in [0.3, 0.4) is 0 Å². The first kappa shape index (κ1) is 26.3. The summed E-state index contributed by atoms with van der Waals surface area (Å²) in [4.78, 5) is 33.3. The molecule has 0 saturated heterocycles. The van der Waals surface area contributed by atoms with Gasteiger partial charge in [0.05, 0.1) is 34.0 Å². The van der Waals surface area contributed by atoms with Crippen molar-refractivity contribution in [3.05, 3.63) is 112 Å². The van der Waals surface area contributed by atoms with Crippen molar-refractivity contribution in [1.82, 2.24) is 24.5 Å². The molecular formula is C32H28N6O2S. The molecule has 0 spiro atoms. The van der Waals surface area contributed by atoms with E-state index in [-0.39, 0.29) is 11.6 Å². The predicted octanol–water partition coefficient (Wildman–Crippen LogP) is 6.76. The van der Waals surface area contributed by atoms with Crippen molar-refractivity contribution < 1.29 is 4.74 Å². The predicted molar refractivity (Wildman–Crippen MR) is 164 cm³/mol. The zero-order valence-corrected chi connectivity index (χ0v) is 23.9. The van der Waals surface area contributed by atoms with Crippen LogP contribution in [0.1, 0.15) is 29.5 Å². The molecule has 2 aromatic carbocycles. The van der Waals surface area contributed by atoms with E-state index in [1.807, 2.05) is 93.8 Å². The Kier molecular flexibility index (Phi) is 7.03. The number of hydrogen-bond donors (Lipinski definition) is 1. The van der Waals surface area contributed by atoms with Crippen molar-refractivity contribution in [2.75, 3.05) is 12.4 Å². The van der Waals surface area contributed by atoms with Gasteiger partial charge in [-0.05, 0) is 61.5 Å². The number of hydrogen-bond acceptors (Lipinski definition) is 8. The second kappa shape index (κ2) is 10.9. The standard InChI is InChI=1S/C32H28N6O2S/c1-19(36-31-26(17-34-20(2)37-31)28-18-35-21(3)41-28)27-15-23-9-8-12-25(22-13-14-33-29(16-22)40-4)30(23)32(39)38(27)24-10-6-5-7-11-24/h5-19H,1-4H3,(H,34,36,37)/t19-/m0/s1. The Hall–Kier alpha value is -4.89. The average molecular weight is 561 g/mol. The van der Waals surface area contributed by atoms with Crippen molar-refractivity contribution in [3.8, 4) is 33.1 Å². The molecule has 4 aromatic heterocycles. The van der Waals surface area contributed by atoms with E-state index in [2.05, 4.69) is 26.3 Å². The SMILES string of the molecule is COc1cc(-c2cccc3cc([C@H](C)Nc4nc(C)ncc4-c4cnc(C)s4)n(-c4ccccc4)c(=O)c23)ccn1. The summed E-state index contributed by atoms with van der Waals surface area (Å²) in [5.74, 6) is 1.84. The van der Waals surface area contributed by atoms with E-state index in [1.165, 1.54) is 0 Å². The average Bonchev–Trinajstić information content (AvgIpc) is 3.43. The van der Waals surface area contributed by atoms with Gasteiger partial charge in [-0.3, -0.25) is 9.36 Å². The Morgan fingerprint density at radius 3 is 2.51 bits per heavy atom. The summed E-state index contributed by atoms with van der Waals surface area (Å²) < 4.78 is 7.14. The van der Waals surface area contributed by atoms with Crippen LogP contribution < -0.4 is 15.6 Å². The molecule has 0 aliphatic carbocycles. The third-order valence-electron chi connectivity index (χ3n) is 6.94. The van der Waals surface area contributed by atoms with Crippen LogP contribution in [-0.2, 0) is 0 Å². The van der Waals surface area contributed by atoms with Gasteiger partial charge in [-0.15, -0.1) is 11.3 Å². The molecule has 1 atom stereocenters. The minimum atomic E-state index is -0.279. The number of methoxy groups -OCH3 is 1. The fraction of sp³-hybridized carbons (Fsp3) is 0.156. The van der Waals surface area contributed by atoms with Crippen LogP contribution in [0.2, 0.25) is 0 Å². The van der Waals surface area contributed by atoms with Crippen molar-refractivity contribution in [1.29, 1.82) is 0 Å². The van der Waals surface area contributed by atoms with Gasteiger partial charge >= 0.3 is 0 Å². The zero-order chi connectivity index (χ0) is 28.5. The van der Waals surface area contributed by atoms with Gasteiger partial charge in [0.25, 0.3) is 5.56 Å². The lowest BCUT2D eigenvalue weighted by Crippen LogP contribution is -2.26. The summed E-state index contributed by atoms with van der Waals surface area (Å²) in [6.45, 7) is 5.88. The van der Waals surface area contributed by atoms with E-state index in [9.17, 15) is 4.79 Å². The normalized spacial score (nSPS) is 11.9. The number of fused-ring (bicyclic) bond motifs is 1. The summed E-state index contributed by atoms with van der Waals surface area (Å²) in [6, 6.07) is 21.1. The molecule has 0 fully saturated rings. The van der Waals surface area contributed by atoms with Crippen LogP contribution in [0.5, 0.6) is 5.88 Å². The number of ether oxygens (including phenoxy) is 1. The highest BCUT2D eigenvalue weighted by Crippen LogP contribution is 2.34. The third-order valence-corrected chi connectivity index (χ3v) is 7.88.